The molecule has 0 bridgehead atoms. The quantitative estimate of drug-likeness (QED) is 0.395. The van der Waals surface area contributed by atoms with Crippen molar-refractivity contribution in [3.05, 3.63) is 59.7 Å². The van der Waals surface area contributed by atoms with Crippen LogP contribution in [0.1, 0.15) is 37.5 Å². The molecule has 0 aromatic heterocycles. The molecule has 0 amide bonds. The molecule has 3 nitrogen and oxygen atoms in total. The number of hydrogen-bond donors (Lipinski definition) is 1. The summed E-state index contributed by atoms with van der Waals surface area (Å²) in [6, 6.07) is 17.1. The van der Waals surface area contributed by atoms with Crippen LogP contribution in [0.2, 0.25) is 0 Å². The van der Waals surface area contributed by atoms with Crippen molar-refractivity contribution in [3.8, 4) is 0 Å². The fourth-order valence-corrected chi connectivity index (χ4v) is 4.60. The van der Waals surface area contributed by atoms with Gasteiger partial charge in [0.1, 0.15) is 5.60 Å². The lowest BCUT2D eigenvalue weighted by Crippen LogP contribution is -2.39. The highest BCUT2D eigenvalue weighted by Gasteiger charge is 2.41. The molecular weight excluding hydrogens is 324 g/mol. The third kappa shape index (κ3) is 2.07. The van der Waals surface area contributed by atoms with Crippen molar-refractivity contribution in [2.24, 2.45) is 0 Å². The average Bonchev–Trinajstić information content (AvgIpc) is 2.61. The van der Waals surface area contributed by atoms with E-state index < -0.39 is 11.7 Å². The molecular formula is C23H20O3. The maximum Gasteiger partial charge on any atom is 0.303 e. The van der Waals surface area contributed by atoms with Crippen LogP contribution in [-0.2, 0) is 16.0 Å². The van der Waals surface area contributed by atoms with Crippen molar-refractivity contribution < 1.29 is 14.6 Å². The van der Waals surface area contributed by atoms with Crippen LogP contribution < -0.4 is 0 Å². The molecule has 0 radical (unpaired) electrons. The predicted octanol–water partition coefficient (Wildman–Crippen LogP) is 4.89. The van der Waals surface area contributed by atoms with E-state index in [9.17, 15) is 9.90 Å². The predicted molar refractivity (Wildman–Crippen MR) is 104 cm³/mol. The minimum atomic E-state index is -1.06. The van der Waals surface area contributed by atoms with Gasteiger partial charge in [-0.05, 0) is 69.3 Å². The van der Waals surface area contributed by atoms with Crippen LogP contribution in [0.3, 0.4) is 0 Å². The summed E-state index contributed by atoms with van der Waals surface area (Å²) in [7, 11) is 0. The Labute approximate surface area is 151 Å². The monoisotopic (exact) mass is 344 g/mol. The Hall–Kier alpha value is -2.65. The minimum Gasteiger partial charge on any atom is -0.455 e. The van der Waals surface area contributed by atoms with E-state index in [4.69, 9.17) is 4.74 Å². The molecule has 2 unspecified atom stereocenters. The number of rotatable bonds is 1. The number of hydrogen-bond acceptors (Lipinski definition) is 3. The molecule has 0 aliphatic heterocycles. The van der Waals surface area contributed by atoms with E-state index >= 15 is 0 Å². The van der Waals surface area contributed by atoms with Gasteiger partial charge < -0.3 is 9.84 Å². The van der Waals surface area contributed by atoms with E-state index in [1.54, 1.807) is 6.92 Å². The van der Waals surface area contributed by atoms with Crippen molar-refractivity contribution >= 4 is 38.3 Å². The fraction of sp³-hybridized carbons (Fsp3) is 0.261. The number of benzene rings is 4. The fourth-order valence-electron chi connectivity index (χ4n) is 4.60. The summed E-state index contributed by atoms with van der Waals surface area (Å²) in [5, 5.41) is 18.2. The third-order valence-corrected chi connectivity index (χ3v) is 5.81. The van der Waals surface area contributed by atoms with Gasteiger partial charge in [-0.15, -0.1) is 0 Å². The van der Waals surface area contributed by atoms with Crippen molar-refractivity contribution in [2.45, 2.75) is 38.4 Å². The molecule has 0 spiro atoms. The molecule has 5 rings (SSSR count). The van der Waals surface area contributed by atoms with E-state index in [2.05, 4.69) is 48.5 Å². The van der Waals surface area contributed by atoms with E-state index in [0.29, 0.717) is 6.42 Å². The van der Waals surface area contributed by atoms with E-state index in [-0.39, 0.29) is 5.97 Å². The van der Waals surface area contributed by atoms with E-state index in [1.165, 1.54) is 39.4 Å². The number of ether oxygens (including phenoxy) is 1. The van der Waals surface area contributed by atoms with E-state index in [0.717, 1.165) is 17.4 Å². The number of aryl methyl sites for hydroxylation is 1. The Balaban J connectivity index is 1.89. The topological polar surface area (TPSA) is 46.5 Å². The van der Waals surface area contributed by atoms with Gasteiger partial charge in [0, 0.05) is 6.92 Å². The van der Waals surface area contributed by atoms with Crippen LogP contribution in [0.15, 0.2) is 48.5 Å². The van der Waals surface area contributed by atoms with Gasteiger partial charge in [0.25, 0.3) is 0 Å². The molecule has 1 aliphatic rings. The summed E-state index contributed by atoms with van der Waals surface area (Å²) < 4.78 is 5.57. The zero-order valence-electron chi connectivity index (χ0n) is 14.9. The zero-order valence-corrected chi connectivity index (χ0v) is 14.9. The molecule has 4 aromatic rings. The van der Waals surface area contributed by atoms with Crippen molar-refractivity contribution in [1.82, 2.24) is 0 Å². The van der Waals surface area contributed by atoms with Gasteiger partial charge in [-0.1, -0.05) is 42.5 Å². The molecule has 2 atom stereocenters. The van der Waals surface area contributed by atoms with Crippen LogP contribution >= 0.6 is 0 Å². The average molecular weight is 344 g/mol. The molecule has 0 fully saturated rings. The second-order valence-electron chi connectivity index (χ2n) is 7.65. The molecule has 0 saturated heterocycles. The number of esters is 1. The number of fused-ring (bicyclic) bond motifs is 2. The number of carbonyl (C=O) groups is 1. The van der Waals surface area contributed by atoms with Gasteiger partial charge in [-0.2, -0.15) is 0 Å². The highest BCUT2D eigenvalue weighted by Crippen LogP contribution is 2.46. The van der Waals surface area contributed by atoms with Gasteiger partial charge >= 0.3 is 5.97 Å². The summed E-state index contributed by atoms with van der Waals surface area (Å²) in [4.78, 5) is 11.7. The van der Waals surface area contributed by atoms with E-state index in [1.807, 2.05) is 0 Å². The first-order valence-corrected chi connectivity index (χ1v) is 9.04. The number of carbonyl (C=O) groups excluding carboxylic acids is 1. The van der Waals surface area contributed by atoms with Gasteiger partial charge in [0.05, 0.1) is 0 Å². The molecule has 3 heteroatoms. The van der Waals surface area contributed by atoms with Crippen molar-refractivity contribution in [2.75, 3.05) is 0 Å². The summed E-state index contributed by atoms with van der Waals surface area (Å²) in [5.74, 6) is -0.367. The lowest BCUT2D eigenvalue weighted by atomic mass is 9.76. The largest absolute Gasteiger partial charge is 0.455 e. The third-order valence-electron chi connectivity index (χ3n) is 5.81. The van der Waals surface area contributed by atoms with Crippen molar-refractivity contribution in [3.63, 3.8) is 0 Å². The Morgan fingerprint density at radius 1 is 1.08 bits per heavy atom. The maximum atomic E-state index is 11.7. The summed E-state index contributed by atoms with van der Waals surface area (Å²) >= 11 is 0. The zero-order chi connectivity index (χ0) is 18.1. The molecule has 1 N–H and O–H groups in total. The van der Waals surface area contributed by atoms with Gasteiger partial charge in [0.2, 0.25) is 0 Å². The molecule has 26 heavy (non-hydrogen) atoms. The molecule has 4 aromatic carbocycles. The molecule has 1 aliphatic carbocycles. The first-order valence-electron chi connectivity index (χ1n) is 9.04. The van der Waals surface area contributed by atoms with Crippen LogP contribution in [0, 0.1) is 0 Å². The highest BCUT2D eigenvalue weighted by atomic mass is 16.6. The summed E-state index contributed by atoms with van der Waals surface area (Å²) in [5.41, 5.74) is 1.07. The second kappa shape index (κ2) is 5.18. The Morgan fingerprint density at radius 2 is 1.77 bits per heavy atom. The van der Waals surface area contributed by atoms with Crippen LogP contribution in [0.4, 0.5) is 0 Å². The summed E-state index contributed by atoms with van der Waals surface area (Å²) in [6.07, 6.45) is 0.710. The molecule has 0 saturated carbocycles. The lowest BCUT2D eigenvalue weighted by molar-refractivity contribution is -0.164. The standard InChI is InChI=1S/C23H20O3/c1-13(24)26-22-19-12-16-7-6-14-4-3-5-15-8-9-18(21(16)20(14)15)17(19)10-11-23(22,2)25/h3-9,12,22,25H,10-11H2,1-2H3. The van der Waals surface area contributed by atoms with Crippen molar-refractivity contribution in [1.29, 1.82) is 0 Å². The van der Waals surface area contributed by atoms with Crippen LogP contribution in [0.25, 0.3) is 32.3 Å². The lowest BCUT2D eigenvalue weighted by Gasteiger charge is -2.38. The van der Waals surface area contributed by atoms with Gasteiger partial charge in [0.15, 0.2) is 6.10 Å². The Bertz CT molecular complexity index is 1160. The van der Waals surface area contributed by atoms with Crippen LogP contribution in [0.5, 0.6) is 0 Å². The van der Waals surface area contributed by atoms with Gasteiger partial charge in [-0.3, -0.25) is 4.79 Å². The Kier molecular flexibility index (Phi) is 3.11. The first kappa shape index (κ1) is 15.6. The van der Waals surface area contributed by atoms with Gasteiger partial charge in [-0.25, -0.2) is 0 Å². The smallest absolute Gasteiger partial charge is 0.303 e. The SMILES string of the molecule is CC(=O)OC1c2cc3ccc4cccc5ccc(c2CCC1(C)O)c3c45. The first-order chi connectivity index (χ1) is 12.5. The molecule has 130 valence electrons. The van der Waals surface area contributed by atoms with Crippen LogP contribution in [-0.4, -0.2) is 16.7 Å². The maximum absolute atomic E-state index is 11.7. The molecule has 0 heterocycles. The normalized spacial score (nSPS) is 22.8. The Morgan fingerprint density at radius 3 is 2.50 bits per heavy atom. The highest BCUT2D eigenvalue weighted by molar-refractivity contribution is 6.23. The minimum absolute atomic E-state index is 0.367. The number of aliphatic hydroxyl groups is 1. The summed E-state index contributed by atoms with van der Waals surface area (Å²) in [6.45, 7) is 3.16. The second-order valence-corrected chi connectivity index (χ2v) is 7.65.